The number of phenols is 2. The van der Waals surface area contributed by atoms with Gasteiger partial charge in [0.15, 0.2) is 11.6 Å². The fourth-order valence-electron chi connectivity index (χ4n) is 6.66. The Balaban J connectivity index is 1.38. The normalized spacial score (nSPS) is 26.6. The van der Waals surface area contributed by atoms with E-state index in [0.29, 0.717) is 35.1 Å². The molecule has 2 aromatic rings. The van der Waals surface area contributed by atoms with Crippen LogP contribution in [0.1, 0.15) is 36.8 Å². The minimum absolute atomic E-state index is 0.0175. The van der Waals surface area contributed by atoms with Gasteiger partial charge in [-0.3, -0.25) is 24.1 Å². The lowest BCUT2D eigenvalue weighted by atomic mass is 9.59. The number of ketones is 2. The Morgan fingerprint density at radius 2 is 1.66 bits per heavy atom. The minimum Gasteiger partial charge on any atom is -0.508 e. The van der Waals surface area contributed by atoms with Crippen molar-refractivity contribution in [3.63, 3.8) is 0 Å². The Hall–Kier alpha value is -4.26. The molecular formula is C31H27NO6. The summed E-state index contributed by atoms with van der Waals surface area (Å²) in [5.41, 5.74) is 3.34. The van der Waals surface area contributed by atoms with Crippen LogP contribution in [0.3, 0.4) is 0 Å². The van der Waals surface area contributed by atoms with Gasteiger partial charge in [-0.05, 0) is 61.9 Å². The second-order valence-corrected chi connectivity index (χ2v) is 10.5. The van der Waals surface area contributed by atoms with Crippen LogP contribution in [0, 0.1) is 17.8 Å². The lowest BCUT2D eigenvalue weighted by molar-refractivity contribution is -0.140. The van der Waals surface area contributed by atoms with Gasteiger partial charge < -0.3 is 10.2 Å². The van der Waals surface area contributed by atoms with Gasteiger partial charge in [-0.2, -0.15) is 0 Å². The molecule has 0 spiro atoms. The monoisotopic (exact) mass is 509 g/mol. The van der Waals surface area contributed by atoms with E-state index in [0.717, 1.165) is 11.1 Å². The average Bonchev–Trinajstić information content (AvgIpc) is 3.15. The number of allylic oxidation sites excluding steroid dienone is 6. The second-order valence-electron chi connectivity index (χ2n) is 10.5. The van der Waals surface area contributed by atoms with Crippen molar-refractivity contribution in [3.8, 4) is 11.5 Å². The minimum atomic E-state index is -0.652. The zero-order valence-corrected chi connectivity index (χ0v) is 20.9. The molecular weight excluding hydrogens is 482 g/mol. The van der Waals surface area contributed by atoms with Crippen molar-refractivity contribution < 1.29 is 29.4 Å². The first-order chi connectivity index (χ1) is 18.3. The molecule has 192 valence electrons. The van der Waals surface area contributed by atoms with Gasteiger partial charge in [0.05, 0.1) is 11.8 Å². The van der Waals surface area contributed by atoms with Gasteiger partial charge in [0.1, 0.15) is 11.5 Å². The van der Waals surface area contributed by atoms with Crippen molar-refractivity contribution in [1.29, 1.82) is 0 Å². The number of aromatic hydroxyl groups is 2. The lowest BCUT2D eigenvalue weighted by Crippen LogP contribution is -2.40. The zero-order chi connectivity index (χ0) is 26.7. The standard InChI is InChI=1S/C31H27NO6/c1-16-14-25(35)28-23(29(16)36)15-22-19(26(28)20-4-2-3-5-24(20)34)10-11-21-27(22)31(38)32(30(21)37)13-12-17-6-8-18(33)9-7-17/h2-10,14,21-22,26-27,33-34H,11-13,15H2,1H3/t21-,22+,26+,27-/m0/s1. The van der Waals surface area contributed by atoms with E-state index in [1.165, 1.54) is 11.0 Å². The van der Waals surface area contributed by atoms with E-state index in [4.69, 9.17) is 0 Å². The summed E-state index contributed by atoms with van der Waals surface area (Å²) in [6.45, 7) is 1.84. The molecule has 4 aliphatic rings. The first-order valence-corrected chi connectivity index (χ1v) is 12.9. The van der Waals surface area contributed by atoms with Gasteiger partial charge in [-0.15, -0.1) is 0 Å². The summed E-state index contributed by atoms with van der Waals surface area (Å²) in [5, 5.41) is 20.3. The van der Waals surface area contributed by atoms with E-state index < -0.39 is 23.7 Å². The van der Waals surface area contributed by atoms with Crippen LogP contribution in [0.5, 0.6) is 11.5 Å². The van der Waals surface area contributed by atoms with Crippen molar-refractivity contribution >= 4 is 23.4 Å². The first kappa shape index (κ1) is 24.1. The van der Waals surface area contributed by atoms with Crippen LogP contribution in [0.15, 0.2) is 83.0 Å². The van der Waals surface area contributed by atoms with Gasteiger partial charge in [-0.25, -0.2) is 0 Å². The number of phenolic OH excluding ortho intramolecular Hbond substituents is 2. The van der Waals surface area contributed by atoms with Crippen molar-refractivity contribution in [1.82, 2.24) is 4.90 Å². The molecule has 38 heavy (non-hydrogen) atoms. The number of fused-ring (bicyclic) bond motifs is 3. The molecule has 1 heterocycles. The van der Waals surface area contributed by atoms with Gasteiger partial charge in [0.2, 0.25) is 11.8 Å². The Morgan fingerprint density at radius 3 is 2.39 bits per heavy atom. The highest BCUT2D eigenvalue weighted by Gasteiger charge is 2.56. The fourth-order valence-corrected chi connectivity index (χ4v) is 6.66. The number of carbonyl (C=O) groups excluding carboxylic acids is 4. The summed E-state index contributed by atoms with van der Waals surface area (Å²) < 4.78 is 0. The highest BCUT2D eigenvalue weighted by atomic mass is 16.3. The number of likely N-dealkylation sites (tertiary alicyclic amines) is 1. The smallest absolute Gasteiger partial charge is 0.233 e. The van der Waals surface area contributed by atoms with Gasteiger partial charge in [0, 0.05) is 34.7 Å². The topological polar surface area (TPSA) is 112 Å². The Bertz CT molecular complexity index is 1490. The second kappa shape index (κ2) is 8.94. The van der Waals surface area contributed by atoms with E-state index >= 15 is 0 Å². The Morgan fingerprint density at radius 1 is 0.921 bits per heavy atom. The third kappa shape index (κ3) is 3.64. The summed E-state index contributed by atoms with van der Waals surface area (Å²) in [6.07, 6.45) is 4.35. The molecule has 4 atom stereocenters. The van der Waals surface area contributed by atoms with Crippen molar-refractivity contribution in [2.75, 3.05) is 6.54 Å². The van der Waals surface area contributed by atoms with Crippen LogP contribution in [-0.2, 0) is 25.6 Å². The van der Waals surface area contributed by atoms with Crippen LogP contribution in [0.4, 0.5) is 0 Å². The molecule has 2 aromatic carbocycles. The predicted molar refractivity (Wildman–Crippen MR) is 138 cm³/mol. The molecule has 6 rings (SSSR count). The number of amides is 2. The third-order valence-corrected chi connectivity index (χ3v) is 8.46. The number of para-hydroxylation sites is 1. The van der Waals surface area contributed by atoms with Crippen LogP contribution < -0.4 is 0 Å². The van der Waals surface area contributed by atoms with Crippen molar-refractivity contribution in [2.45, 2.75) is 32.1 Å². The maximum atomic E-state index is 13.8. The summed E-state index contributed by atoms with van der Waals surface area (Å²) in [4.78, 5) is 55.0. The molecule has 7 nitrogen and oxygen atoms in total. The highest BCUT2D eigenvalue weighted by molar-refractivity contribution is 6.23. The number of hydrogen-bond donors (Lipinski definition) is 2. The molecule has 0 saturated carbocycles. The Labute approximate surface area is 219 Å². The van der Waals surface area contributed by atoms with E-state index in [2.05, 4.69) is 0 Å². The van der Waals surface area contributed by atoms with Crippen molar-refractivity contribution in [3.05, 3.63) is 94.1 Å². The number of rotatable bonds is 4. The lowest BCUT2D eigenvalue weighted by Gasteiger charge is -2.42. The quantitative estimate of drug-likeness (QED) is 0.369. The number of benzene rings is 2. The number of nitrogens with zero attached hydrogens (tertiary/aromatic N) is 1. The molecule has 1 aliphatic heterocycles. The van der Waals surface area contributed by atoms with E-state index in [-0.39, 0.29) is 47.8 Å². The van der Waals surface area contributed by atoms with Crippen LogP contribution >= 0.6 is 0 Å². The molecule has 0 unspecified atom stereocenters. The molecule has 0 aromatic heterocycles. The zero-order valence-electron chi connectivity index (χ0n) is 20.9. The molecule has 7 heteroatoms. The highest BCUT2D eigenvalue weighted by Crippen LogP contribution is 2.55. The summed E-state index contributed by atoms with van der Waals surface area (Å²) in [7, 11) is 0. The predicted octanol–water partition coefficient (Wildman–Crippen LogP) is 3.77. The average molecular weight is 510 g/mol. The largest absolute Gasteiger partial charge is 0.508 e. The fraction of sp³-hybridized carbons (Fsp3) is 0.290. The first-order valence-electron chi connectivity index (χ1n) is 12.9. The van der Waals surface area contributed by atoms with Gasteiger partial charge >= 0.3 is 0 Å². The van der Waals surface area contributed by atoms with E-state index in [9.17, 15) is 29.4 Å². The Kier molecular flexibility index (Phi) is 5.67. The SMILES string of the molecule is CC1=CC(=O)C2=C(C[C@@H]3C(=CC[C@@H]4C(=O)N(CCc5ccc(O)cc5)C(=O)[C@@H]43)[C@@H]2c2ccccc2O)C1=O. The third-order valence-electron chi connectivity index (χ3n) is 8.46. The maximum absolute atomic E-state index is 13.8. The molecule has 1 fully saturated rings. The number of carbonyl (C=O) groups is 4. The van der Waals surface area contributed by atoms with Crippen LogP contribution in [0.2, 0.25) is 0 Å². The van der Waals surface area contributed by atoms with Crippen LogP contribution in [0.25, 0.3) is 0 Å². The number of Topliss-reactive ketones (excluding diaryl/α,β-unsaturated/α-hetero) is 1. The molecule has 2 amide bonds. The summed E-state index contributed by atoms with van der Waals surface area (Å²) in [5.74, 6) is -2.99. The van der Waals surface area contributed by atoms with Crippen molar-refractivity contribution in [2.24, 2.45) is 17.8 Å². The van der Waals surface area contributed by atoms with E-state index in [1.54, 1.807) is 55.5 Å². The number of imide groups is 1. The number of hydrogen-bond acceptors (Lipinski definition) is 6. The van der Waals surface area contributed by atoms with Crippen LogP contribution in [-0.4, -0.2) is 45.0 Å². The van der Waals surface area contributed by atoms with E-state index in [1.807, 2.05) is 6.08 Å². The molecule has 0 radical (unpaired) electrons. The summed E-state index contributed by atoms with van der Waals surface area (Å²) in [6, 6.07) is 13.4. The van der Waals surface area contributed by atoms with Gasteiger partial charge in [0.25, 0.3) is 0 Å². The molecule has 3 aliphatic carbocycles. The molecule has 2 N–H and O–H groups in total. The molecule has 0 bridgehead atoms. The maximum Gasteiger partial charge on any atom is 0.233 e. The summed E-state index contributed by atoms with van der Waals surface area (Å²) >= 11 is 0. The molecule has 1 saturated heterocycles. The van der Waals surface area contributed by atoms with Gasteiger partial charge in [-0.1, -0.05) is 42.0 Å².